The lowest BCUT2D eigenvalue weighted by Gasteiger charge is -2.11. The summed E-state index contributed by atoms with van der Waals surface area (Å²) in [5, 5.41) is 2.80. The third kappa shape index (κ3) is 9.08. The molecule has 1 unspecified atom stereocenters. The molecule has 0 aromatic carbocycles. The van der Waals surface area contributed by atoms with Crippen LogP contribution in [-0.4, -0.2) is 34.7 Å². The van der Waals surface area contributed by atoms with Gasteiger partial charge in [-0.1, -0.05) is 25.6 Å². The molecule has 0 aromatic rings. The predicted molar refractivity (Wildman–Crippen MR) is 62.1 cm³/mol. The smallest absolute Gasteiger partial charge is 0.323 e. The molecule has 0 aromatic heterocycles. The zero-order valence-electron chi connectivity index (χ0n) is 9.23. The highest BCUT2D eigenvalue weighted by atomic mass is 32.2. The molecule has 90 valence electrons. The Labute approximate surface area is 94.5 Å². The van der Waals surface area contributed by atoms with Crippen LogP contribution >= 0.6 is 19.4 Å². The van der Waals surface area contributed by atoms with Gasteiger partial charge in [0.1, 0.15) is 0 Å². The first-order valence-corrected chi connectivity index (χ1v) is 7.38. The van der Waals surface area contributed by atoms with Crippen LogP contribution in [0.5, 0.6) is 0 Å². The summed E-state index contributed by atoms with van der Waals surface area (Å²) in [4.78, 5) is 20.3. The molecule has 0 saturated carbocycles. The third-order valence-corrected chi connectivity index (χ3v) is 3.44. The maximum atomic E-state index is 11.2. The van der Waals surface area contributed by atoms with E-state index in [1.807, 2.05) is 13.8 Å². The molecule has 0 amide bonds. The van der Waals surface area contributed by atoms with Crippen molar-refractivity contribution in [3.63, 3.8) is 0 Å². The van der Waals surface area contributed by atoms with Gasteiger partial charge in [0.15, 0.2) is 0 Å². The van der Waals surface area contributed by atoms with Gasteiger partial charge in [0, 0.05) is 5.25 Å². The lowest BCUT2D eigenvalue weighted by atomic mass is 10.6. The minimum atomic E-state index is -3.56. The molecule has 0 saturated heterocycles. The van der Waals surface area contributed by atoms with E-state index in [2.05, 4.69) is 9.84 Å². The first-order valence-electron chi connectivity index (χ1n) is 4.74. The molecule has 0 rings (SSSR count). The SMILES string of the molecule is CCOP(=O)(O)CNCC(=O)SC(C)C. The molecule has 0 aliphatic rings. The van der Waals surface area contributed by atoms with Crippen LogP contribution in [0.4, 0.5) is 0 Å². The Kier molecular flexibility index (Phi) is 7.48. The Bertz CT molecular complexity index is 247. The molecule has 2 N–H and O–H groups in total. The fourth-order valence-electron chi connectivity index (χ4n) is 0.851. The highest BCUT2D eigenvalue weighted by Gasteiger charge is 2.18. The maximum Gasteiger partial charge on any atom is 0.341 e. The zero-order valence-corrected chi connectivity index (χ0v) is 10.9. The average Bonchev–Trinajstić information content (AvgIpc) is 2.01. The second-order valence-corrected chi connectivity index (χ2v) is 6.66. The van der Waals surface area contributed by atoms with E-state index >= 15 is 0 Å². The molecule has 0 aliphatic carbocycles. The number of rotatable bonds is 7. The van der Waals surface area contributed by atoms with Crippen molar-refractivity contribution in [2.24, 2.45) is 0 Å². The molecular formula is C8H18NO4PS. The molecule has 0 spiro atoms. The fourth-order valence-corrected chi connectivity index (χ4v) is 2.45. The second-order valence-electron chi connectivity index (χ2n) is 3.18. The van der Waals surface area contributed by atoms with Crippen LogP contribution in [0.2, 0.25) is 0 Å². The Morgan fingerprint density at radius 3 is 2.67 bits per heavy atom. The monoisotopic (exact) mass is 255 g/mol. The standard InChI is InChI=1S/C8H18NO4PS/c1-4-13-14(11,12)6-9-5-8(10)15-7(2)3/h7,9H,4-6H2,1-3H3,(H,11,12). The number of hydrogen-bond acceptors (Lipinski definition) is 5. The summed E-state index contributed by atoms with van der Waals surface area (Å²) < 4.78 is 15.8. The third-order valence-electron chi connectivity index (χ3n) is 1.28. The van der Waals surface area contributed by atoms with Gasteiger partial charge < -0.3 is 9.42 Å². The van der Waals surface area contributed by atoms with Gasteiger partial charge in [0.05, 0.1) is 19.4 Å². The fraction of sp³-hybridized carbons (Fsp3) is 0.875. The second kappa shape index (κ2) is 7.41. The van der Waals surface area contributed by atoms with Crippen LogP contribution in [0, 0.1) is 0 Å². The van der Waals surface area contributed by atoms with Gasteiger partial charge in [-0.05, 0) is 6.92 Å². The summed E-state index contributed by atoms with van der Waals surface area (Å²) in [5.74, 6) is 0. The van der Waals surface area contributed by atoms with Crippen molar-refractivity contribution in [3.8, 4) is 0 Å². The van der Waals surface area contributed by atoms with Crippen molar-refractivity contribution in [3.05, 3.63) is 0 Å². The number of carbonyl (C=O) groups is 1. The van der Waals surface area contributed by atoms with E-state index in [4.69, 9.17) is 4.89 Å². The minimum Gasteiger partial charge on any atom is -0.323 e. The van der Waals surface area contributed by atoms with E-state index < -0.39 is 7.60 Å². The van der Waals surface area contributed by atoms with Gasteiger partial charge in [-0.2, -0.15) is 0 Å². The van der Waals surface area contributed by atoms with Crippen LogP contribution in [0.3, 0.4) is 0 Å². The quantitative estimate of drug-likeness (QED) is 0.670. The molecule has 15 heavy (non-hydrogen) atoms. The summed E-state index contributed by atoms with van der Waals surface area (Å²) in [6, 6.07) is 0. The summed E-state index contributed by atoms with van der Waals surface area (Å²) in [7, 11) is -3.56. The average molecular weight is 255 g/mol. The van der Waals surface area contributed by atoms with E-state index in [1.165, 1.54) is 11.8 Å². The van der Waals surface area contributed by atoms with Gasteiger partial charge in [-0.25, -0.2) is 0 Å². The molecule has 1 atom stereocenters. The van der Waals surface area contributed by atoms with Crippen LogP contribution in [0.15, 0.2) is 0 Å². The van der Waals surface area contributed by atoms with Gasteiger partial charge in [-0.15, -0.1) is 0 Å². The first kappa shape index (κ1) is 15.1. The van der Waals surface area contributed by atoms with E-state index in [0.717, 1.165) is 0 Å². The maximum absolute atomic E-state index is 11.2. The summed E-state index contributed by atoms with van der Waals surface area (Å²) in [5.41, 5.74) is 0. The lowest BCUT2D eigenvalue weighted by molar-refractivity contribution is -0.110. The number of thioether (sulfide) groups is 1. The predicted octanol–water partition coefficient (Wildman–Crippen LogP) is 1.42. The van der Waals surface area contributed by atoms with Crippen molar-refractivity contribution in [1.82, 2.24) is 5.32 Å². The van der Waals surface area contributed by atoms with E-state index in [-0.39, 0.29) is 29.8 Å². The molecule has 0 radical (unpaired) electrons. The van der Waals surface area contributed by atoms with Crippen LogP contribution in [0.1, 0.15) is 20.8 Å². The van der Waals surface area contributed by atoms with E-state index in [1.54, 1.807) is 6.92 Å². The Morgan fingerprint density at radius 1 is 1.60 bits per heavy atom. The molecule has 0 fully saturated rings. The van der Waals surface area contributed by atoms with E-state index in [0.29, 0.717) is 0 Å². The number of carbonyl (C=O) groups excluding carboxylic acids is 1. The molecule has 5 nitrogen and oxygen atoms in total. The molecule has 0 bridgehead atoms. The first-order chi connectivity index (χ1) is 6.87. The van der Waals surface area contributed by atoms with Crippen LogP contribution in [-0.2, 0) is 13.9 Å². The minimum absolute atomic E-state index is 0.0403. The van der Waals surface area contributed by atoms with E-state index in [9.17, 15) is 9.36 Å². The summed E-state index contributed by atoms with van der Waals surface area (Å²) in [6.45, 7) is 5.74. The lowest BCUT2D eigenvalue weighted by Crippen LogP contribution is -2.23. The highest BCUT2D eigenvalue weighted by Crippen LogP contribution is 2.39. The number of nitrogens with one attached hydrogen (secondary N) is 1. The molecular weight excluding hydrogens is 237 g/mol. The van der Waals surface area contributed by atoms with Crippen molar-refractivity contribution in [2.75, 3.05) is 19.4 Å². The normalized spacial score (nSPS) is 15.3. The van der Waals surface area contributed by atoms with Gasteiger partial charge >= 0.3 is 7.60 Å². The van der Waals surface area contributed by atoms with Crippen LogP contribution < -0.4 is 5.32 Å². The summed E-state index contributed by atoms with van der Waals surface area (Å²) in [6.07, 6.45) is -0.189. The summed E-state index contributed by atoms with van der Waals surface area (Å²) >= 11 is 1.20. The molecule has 0 aliphatic heterocycles. The van der Waals surface area contributed by atoms with Crippen molar-refractivity contribution in [1.29, 1.82) is 0 Å². The molecule has 7 heteroatoms. The Morgan fingerprint density at radius 2 is 2.20 bits per heavy atom. The van der Waals surface area contributed by atoms with Crippen LogP contribution in [0.25, 0.3) is 0 Å². The van der Waals surface area contributed by atoms with Gasteiger partial charge in [0.25, 0.3) is 0 Å². The zero-order chi connectivity index (χ0) is 11.9. The number of hydrogen-bond donors (Lipinski definition) is 2. The van der Waals surface area contributed by atoms with Gasteiger partial charge in [0.2, 0.25) is 5.12 Å². The van der Waals surface area contributed by atoms with Crippen molar-refractivity contribution in [2.45, 2.75) is 26.0 Å². The highest BCUT2D eigenvalue weighted by molar-refractivity contribution is 8.14. The Balaban J connectivity index is 3.70. The van der Waals surface area contributed by atoms with Crippen molar-refractivity contribution < 1.29 is 18.8 Å². The largest absolute Gasteiger partial charge is 0.341 e. The molecule has 0 heterocycles. The van der Waals surface area contributed by atoms with Crippen molar-refractivity contribution >= 4 is 24.5 Å². The topological polar surface area (TPSA) is 75.6 Å². The van der Waals surface area contributed by atoms with Gasteiger partial charge in [-0.3, -0.25) is 14.7 Å². The Hall–Kier alpha value is 0.130.